The Balaban J connectivity index is 2.06. The lowest BCUT2D eigenvalue weighted by molar-refractivity contribution is -0.0190. The Bertz CT molecular complexity index is 490. The largest absolute Gasteiger partial charge is 0.493 e. The van der Waals surface area contributed by atoms with Crippen LogP contribution in [0, 0.1) is 0 Å². The molecule has 96 valence electrons. The van der Waals surface area contributed by atoms with Crippen LogP contribution < -0.4 is 9.47 Å². The van der Waals surface area contributed by atoms with Crippen LogP contribution >= 0.6 is 15.9 Å². The monoisotopic (exact) mass is 310 g/mol. The minimum Gasteiger partial charge on any atom is -0.493 e. The number of methoxy groups -OCH3 is 1. The summed E-state index contributed by atoms with van der Waals surface area (Å²) in [7, 11) is 1.67. The molecule has 0 radical (unpaired) electrons. The number of benzene rings is 1. The predicted molar refractivity (Wildman–Crippen MR) is 73.3 cm³/mol. The van der Waals surface area contributed by atoms with E-state index in [1.54, 1.807) is 7.11 Å². The van der Waals surface area contributed by atoms with Gasteiger partial charge in [-0.05, 0) is 18.2 Å². The lowest BCUT2D eigenvalue weighted by atomic mass is 9.90. The van der Waals surface area contributed by atoms with Crippen LogP contribution in [-0.4, -0.2) is 25.9 Å². The Morgan fingerprint density at radius 2 is 2.06 bits per heavy atom. The van der Waals surface area contributed by atoms with Gasteiger partial charge in [-0.15, -0.1) is 0 Å². The first-order valence-corrected chi connectivity index (χ1v) is 6.86. The van der Waals surface area contributed by atoms with E-state index >= 15 is 0 Å². The number of halogens is 1. The highest BCUT2D eigenvalue weighted by molar-refractivity contribution is 9.15. The molecule has 1 aromatic carbocycles. The maximum Gasteiger partial charge on any atom is 0.170 e. The normalized spacial score (nSPS) is 20.9. The van der Waals surface area contributed by atoms with E-state index in [2.05, 4.69) is 22.0 Å². The molecule has 2 aliphatic heterocycles. The van der Waals surface area contributed by atoms with Crippen LogP contribution in [0.2, 0.25) is 0 Å². The first-order chi connectivity index (χ1) is 8.74. The van der Waals surface area contributed by atoms with Gasteiger partial charge >= 0.3 is 0 Å². The van der Waals surface area contributed by atoms with Gasteiger partial charge in [-0.1, -0.05) is 22.0 Å². The van der Waals surface area contributed by atoms with Crippen LogP contribution in [-0.2, 0) is 4.74 Å². The molecule has 0 amide bonds. The number of rotatable bonds is 1. The molecule has 0 aromatic heterocycles. The molecule has 3 nitrogen and oxygen atoms in total. The smallest absolute Gasteiger partial charge is 0.170 e. The molecule has 18 heavy (non-hydrogen) atoms. The minimum atomic E-state index is -0.251. The maximum atomic E-state index is 6.24. The van der Waals surface area contributed by atoms with Gasteiger partial charge in [0.2, 0.25) is 0 Å². The van der Waals surface area contributed by atoms with E-state index < -0.39 is 0 Å². The summed E-state index contributed by atoms with van der Waals surface area (Å²) in [5.74, 6) is 1.61. The highest BCUT2D eigenvalue weighted by Crippen LogP contribution is 2.46. The number of para-hydroxylation sites is 1. The zero-order chi connectivity index (χ0) is 12.6. The molecular formula is C14H15BrO3. The molecule has 2 heterocycles. The molecule has 1 saturated heterocycles. The van der Waals surface area contributed by atoms with Gasteiger partial charge in [0.25, 0.3) is 0 Å². The van der Waals surface area contributed by atoms with Crippen LogP contribution in [0.5, 0.6) is 11.5 Å². The third kappa shape index (κ3) is 1.93. The van der Waals surface area contributed by atoms with Crippen molar-refractivity contribution in [2.45, 2.75) is 18.4 Å². The van der Waals surface area contributed by atoms with Crippen molar-refractivity contribution in [3.63, 3.8) is 0 Å². The van der Waals surface area contributed by atoms with E-state index in [0.717, 1.165) is 47.6 Å². The van der Waals surface area contributed by atoms with E-state index in [1.165, 1.54) is 0 Å². The summed E-state index contributed by atoms with van der Waals surface area (Å²) < 4.78 is 18.1. The van der Waals surface area contributed by atoms with Crippen molar-refractivity contribution in [3.8, 4) is 11.5 Å². The zero-order valence-electron chi connectivity index (χ0n) is 10.2. The second-order valence-corrected chi connectivity index (χ2v) is 5.46. The summed E-state index contributed by atoms with van der Waals surface area (Å²) >= 11 is 3.65. The van der Waals surface area contributed by atoms with Gasteiger partial charge in [0.1, 0.15) is 5.60 Å². The van der Waals surface area contributed by atoms with Crippen LogP contribution in [0.1, 0.15) is 18.4 Å². The topological polar surface area (TPSA) is 27.7 Å². The summed E-state index contributed by atoms with van der Waals surface area (Å²) in [4.78, 5) is 0. The molecule has 2 aliphatic rings. The van der Waals surface area contributed by atoms with Crippen molar-refractivity contribution >= 4 is 20.4 Å². The molecule has 0 bridgehead atoms. The Kier molecular flexibility index (Phi) is 3.08. The van der Waals surface area contributed by atoms with Crippen molar-refractivity contribution < 1.29 is 14.2 Å². The Morgan fingerprint density at radius 1 is 1.28 bits per heavy atom. The van der Waals surface area contributed by atoms with E-state index in [1.807, 2.05) is 18.2 Å². The fraction of sp³-hybridized carbons (Fsp3) is 0.429. The first kappa shape index (κ1) is 12.1. The molecule has 0 atom stereocenters. The molecule has 0 N–H and O–H groups in total. The predicted octanol–water partition coefficient (Wildman–Crippen LogP) is 3.37. The highest BCUT2D eigenvalue weighted by Gasteiger charge is 2.38. The second-order valence-electron chi connectivity index (χ2n) is 4.61. The summed E-state index contributed by atoms with van der Waals surface area (Å²) in [6, 6.07) is 5.93. The second kappa shape index (κ2) is 4.59. The van der Waals surface area contributed by atoms with Gasteiger partial charge in [-0.3, -0.25) is 0 Å². The van der Waals surface area contributed by atoms with Crippen LogP contribution in [0.4, 0.5) is 0 Å². The SMILES string of the molecule is COc1cccc2c1OC1(C=C2Br)CCOCC1. The van der Waals surface area contributed by atoms with Crippen molar-refractivity contribution in [1.29, 1.82) is 0 Å². The van der Waals surface area contributed by atoms with E-state index in [-0.39, 0.29) is 5.60 Å². The van der Waals surface area contributed by atoms with Gasteiger partial charge in [-0.25, -0.2) is 0 Å². The zero-order valence-corrected chi connectivity index (χ0v) is 11.8. The highest BCUT2D eigenvalue weighted by atomic mass is 79.9. The number of ether oxygens (including phenoxy) is 3. The molecule has 0 unspecified atom stereocenters. The molecule has 1 fully saturated rings. The maximum absolute atomic E-state index is 6.24. The third-order valence-corrected chi connectivity index (χ3v) is 4.15. The van der Waals surface area contributed by atoms with Crippen molar-refractivity contribution in [3.05, 3.63) is 29.8 Å². The van der Waals surface area contributed by atoms with Gasteiger partial charge in [0.15, 0.2) is 11.5 Å². The molecule has 3 rings (SSSR count). The quantitative estimate of drug-likeness (QED) is 0.796. The number of hydrogen-bond donors (Lipinski definition) is 0. The molecule has 0 aliphatic carbocycles. The minimum absolute atomic E-state index is 0.251. The lowest BCUT2D eigenvalue weighted by Crippen LogP contribution is -2.41. The average Bonchev–Trinajstić information content (AvgIpc) is 2.39. The Morgan fingerprint density at radius 3 is 2.78 bits per heavy atom. The van der Waals surface area contributed by atoms with Gasteiger partial charge < -0.3 is 14.2 Å². The van der Waals surface area contributed by atoms with Crippen molar-refractivity contribution in [2.75, 3.05) is 20.3 Å². The van der Waals surface area contributed by atoms with Crippen molar-refractivity contribution in [2.24, 2.45) is 0 Å². The van der Waals surface area contributed by atoms with Crippen LogP contribution in [0.15, 0.2) is 24.3 Å². The molecular weight excluding hydrogens is 296 g/mol. The number of fused-ring (bicyclic) bond motifs is 1. The standard InChI is InChI=1S/C14H15BrO3/c1-16-12-4-2-3-10-11(15)9-14(18-13(10)12)5-7-17-8-6-14/h2-4,9H,5-8H2,1H3. The summed E-state index contributed by atoms with van der Waals surface area (Å²) in [5, 5.41) is 0. The van der Waals surface area contributed by atoms with Gasteiger partial charge in [-0.2, -0.15) is 0 Å². The van der Waals surface area contributed by atoms with Crippen molar-refractivity contribution in [1.82, 2.24) is 0 Å². The van der Waals surface area contributed by atoms with Crippen LogP contribution in [0.3, 0.4) is 0 Å². The number of hydrogen-bond acceptors (Lipinski definition) is 3. The average molecular weight is 311 g/mol. The molecule has 1 spiro atoms. The van der Waals surface area contributed by atoms with E-state index in [4.69, 9.17) is 14.2 Å². The van der Waals surface area contributed by atoms with Crippen LogP contribution in [0.25, 0.3) is 4.48 Å². The molecule has 0 saturated carbocycles. The third-order valence-electron chi connectivity index (χ3n) is 3.49. The molecule has 4 heteroatoms. The Labute approximate surface area is 115 Å². The van der Waals surface area contributed by atoms with E-state index in [9.17, 15) is 0 Å². The van der Waals surface area contributed by atoms with Gasteiger partial charge in [0.05, 0.1) is 20.3 Å². The first-order valence-electron chi connectivity index (χ1n) is 6.07. The summed E-state index contributed by atoms with van der Waals surface area (Å²) in [5.41, 5.74) is 0.796. The lowest BCUT2D eigenvalue weighted by Gasteiger charge is -2.39. The molecule has 1 aromatic rings. The summed E-state index contributed by atoms with van der Waals surface area (Å²) in [6.45, 7) is 1.47. The fourth-order valence-electron chi connectivity index (χ4n) is 2.47. The van der Waals surface area contributed by atoms with Gasteiger partial charge in [0, 0.05) is 22.9 Å². The Hall–Kier alpha value is -1.00. The fourth-order valence-corrected chi connectivity index (χ4v) is 3.20. The summed E-state index contributed by atoms with van der Waals surface area (Å²) in [6.07, 6.45) is 3.91. The van der Waals surface area contributed by atoms with E-state index in [0.29, 0.717) is 0 Å².